The molecule has 2 aromatic carbocycles. The fraction of sp³-hybridized carbons (Fsp3) is 0.320. The van der Waals surface area contributed by atoms with E-state index in [-0.39, 0.29) is 12.7 Å². The average Bonchev–Trinajstić information content (AvgIpc) is 3.23. The third kappa shape index (κ3) is 4.28. The number of ether oxygens (including phenoxy) is 1. The lowest BCUT2D eigenvalue weighted by Gasteiger charge is -2.22. The molecule has 0 unspecified atom stereocenters. The molecule has 1 aromatic heterocycles. The molecule has 0 amide bonds. The normalized spacial score (nSPS) is 16.2. The highest BCUT2D eigenvalue weighted by atomic mass is 16.5. The predicted molar refractivity (Wildman–Crippen MR) is 117 cm³/mol. The molecule has 2 heterocycles. The van der Waals surface area contributed by atoms with E-state index in [9.17, 15) is 5.11 Å². The largest absolute Gasteiger partial charge is 0.472 e. The van der Waals surface area contributed by atoms with Crippen LogP contribution in [0.1, 0.15) is 30.0 Å². The van der Waals surface area contributed by atoms with Gasteiger partial charge in [0.2, 0.25) is 5.88 Å². The summed E-state index contributed by atoms with van der Waals surface area (Å²) in [6, 6.07) is 18.9. The SMILES string of the molecule is CCc1ccccc1-c1ccc(N2CC[C@H](Oc3ccc(C)cn3)C2)c(CO)c1. The molecular weight excluding hydrogens is 360 g/mol. The highest BCUT2D eigenvalue weighted by molar-refractivity contribution is 5.72. The molecule has 1 N–H and O–H groups in total. The van der Waals surface area contributed by atoms with Gasteiger partial charge in [0.05, 0.1) is 13.2 Å². The van der Waals surface area contributed by atoms with Crippen LogP contribution < -0.4 is 9.64 Å². The van der Waals surface area contributed by atoms with Crippen LogP contribution in [0, 0.1) is 6.92 Å². The van der Waals surface area contributed by atoms with E-state index in [1.807, 2.05) is 25.3 Å². The number of hydrogen-bond acceptors (Lipinski definition) is 4. The van der Waals surface area contributed by atoms with Gasteiger partial charge in [0, 0.05) is 36.5 Å². The van der Waals surface area contributed by atoms with Crippen molar-refractivity contribution in [2.24, 2.45) is 0 Å². The molecule has 0 aliphatic carbocycles. The van der Waals surface area contributed by atoms with Gasteiger partial charge in [-0.05, 0) is 47.7 Å². The quantitative estimate of drug-likeness (QED) is 0.661. The van der Waals surface area contributed by atoms with E-state index in [1.165, 1.54) is 11.1 Å². The van der Waals surface area contributed by atoms with Gasteiger partial charge in [0.25, 0.3) is 0 Å². The fourth-order valence-electron chi connectivity index (χ4n) is 4.04. The number of rotatable bonds is 6. The fourth-order valence-corrected chi connectivity index (χ4v) is 4.04. The van der Waals surface area contributed by atoms with Crippen LogP contribution in [0.5, 0.6) is 5.88 Å². The first-order valence-corrected chi connectivity index (χ1v) is 10.3. The average molecular weight is 389 g/mol. The van der Waals surface area contributed by atoms with E-state index in [1.54, 1.807) is 0 Å². The van der Waals surface area contributed by atoms with E-state index in [2.05, 4.69) is 59.3 Å². The zero-order valence-electron chi connectivity index (χ0n) is 17.1. The summed E-state index contributed by atoms with van der Waals surface area (Å²) in [4.78, 5) is 6.66. The molecule has 0 radical (unpaired) electrons. The number of hydrogen-bond donors (Lipinski definition) is 1. The van der Waals surface area contributed by atoms with Crippen LogP contribution in [0.3, 0.4) is 0 Å². The minimum Gasteiger partial charge on any atom is -0.472 e. The zero-order chi connectivity index (χ0) is 20.2. The molecule has 29 heavy (non-hydrogen) atoms. The maximum absolute atomic E-state index is 10.0. The van der Waals surface area contributed by atoms with E-state index in [0.29, 0.717) is 5.88 Å². The Morgan fingerprint density at radius 2 is 1.97 bits per heavy atom. The van der Waals surface area contributed by atoms with Gasteiger partial charge in [-0.25, -0.2) is 4.98 Å². The number of benzene rings is 2. The smallest absolute Gasteiger partial charge is 0.213 e. The van der Waals surface area contributed by atoms with Crippen LogP contribution in [0.2, 0.25) is 0 Å². The molecule has 4 nitrogen and oxygen atoms in total. The summed E-state index contributed by atoms with van der Waals surface area (Å²) in [5.41, 5.74) is 6.90. The molecule has 0 bridgehead atoms. The molecule has 1 saturated heterocycles. The third-order valence-corrected chi connectivity index (χ3v) is 5.62. The summed E-state index contributed by atoms with van der Waals surface area (Å²) in [5.74, 6) is 0.677. The van der Waals surface area contributed by atoms with E-state index >= 15 is 0 Å². The van der Waals surface area contributed by atoms with Crippen LogP contribution in [-0.2, 0) is 13.0 Å². The summed E-state index contributed by atoms with van der Waals surface area (Å²) in [5, 5.41) is 10.0. The van der Waals surface area contributed by atoms with Gasteiger partial charge in [-0.1, -0.05) is 43.3 Å². The number of nitrogens with zero attached hydrogens (tertiary/aromatic N) is 2. The monoisotopic (exact) mass is 388 g/mol. The Kier molecular flexibility index (Phi) is 5.81. The number of aryl methyl sites for hydroxylation is 2. The van der Waals surface area contributed by atoms with Gasteiger partial charge >= 0.3 is 0 Å². The Morgan fingerprint density at radius 1 is 1.10 bits per heavy atom. The standard InChI is InChI=1S/C25H28N2O2/c1-3-19-6-4-5-7-23(19)20-9-10-24(21(14-20)17-28)27-13-12-22(16-27)29-25-11-8-18(2)15-26-25/h4-11,14-15,22,28H,3,12-13,16-17H2,1-2H3/t22-/m0/s1. The molecular formula is C25H28N2O2. The van der Waals surface area contributed by atoms with Gasteiger partial charge in [0.15, 0.2) is 0 Å². The van der Waals surface area contributed by atoms with Crippen LogP contribution in [0.15, 0.2) is 60.8 Å². The minimum atomic E-state index is 0.0268. The summed E-state index contributed by atoms with van der Waals surface area (Å²) in [6.45, 7) is 5.93. The highest BCUT2D eigenvalue weighted by Gasteiger charge is 2.26. The summed E-state index contributed by atoms with van der Waals surface area (Å²) in [6.07, 6.45) is 3.88. The topological polar surface area (TPSA) is 45.6 Å². The number of aliphatic hydroxyl groups is 1. The Bertz CT molecular complexity index is 969. The van der Waals surface area contributed by atoms with Crippen molar-refractivity contribution in [2.45, 2.75) is 39.4 Å². The van der Waals surface area contributed by atoms with E-state index < -0.39 is 0 Å². The Labute approximate surface area is 172 Å². The maximum Gasteiger partial charge on any atom is 0.213 e. The predicted octanol–water partition coefficient (Wildman–Crippen LogP) is 4.77. The first kappa shape index (κ1) is 19.5. The minimum absolute atomic E-state index is 0.0268. The Hall–Kier alpha value is -2.85. The Morgan fingerprint density at radius 3 is 2.72 bits per heavy atom. The lowest BCUT2D eigenvalue weighted by molar-refractivity contribution is 0.215. The van der Waals surface area contributed by atoms with E-state index in [4.69, 9.17) is 4.74 Å². The van der Waals surface area contributed by atoms with E-state index in [0.717, 1.165) is 48.3 Å². The number of anilines is 1. The molecule has 1 aliphatic heterocycles. The van der Waals surface area contributed by atoms with Crippen LogP contribution in [0.4, 0.5) is 5.69 Å². The molecule has 4 heteroatoms. The molecule has 4 rings (SSSR count). The van der Waals surface area contributed by atoms with Crippen LogP contribution in [0.25, 0.3) is 11.1 Å². The zero-order valence-corrected chi connectivity index (χ0v) is 17.1. The molecule has 150 valence electrons. The molecule has 1 atom stereocenters. The second kappa shape index (κ2) is 8.66. The van der Waals surface area contributed by atoms with Crippen molar-refractivity contribution >= 4 is 5.69 Å². The van der Waals surface area contributed by atoms with Gasteiger partial charge in [-0.3, -0.25) is 0 Å². The first-order chi connectivity index (χ1) is 14.2. The van der Waals surface area contributed by atoms with Crippen molar-refractivity contribution in [3.8, 4) is 17.0 Å². The number of aliphatic hydroxyl groups excluding tert-OH is 1. The van der Waals surface area contributed by atoms with Crippen molar-refractivity contribution in [3.63, 3.8) is 0 Å². The van der Waals surface area contributed by atoms with Crippen LogP contribution in [-0.4, -0.2) is 29.3 Å². The summed E-state index contributed by atoms with van der Waals surface area (Å²) < 4.78 is 6.06. The molecule has 3 aromatic rings. The van der Waals surface area contributed by atoms with Crippen molar-refractivity contribution in [2.75, 3.05) is 18.0 Å². The van der Waals surface area contributed by atoms with Crippen LogP contribution >= 0.6 is 0 Å². The van der Waals surface area contributed by atoms with Gasteiger partial charge in [-0.2, -0.15) is 0 Å². The first-order valence-electron chi connectivity index (χ1n) is 10.3. The molecule has 1 fully saturated rings. The Balaban J connectivity index is 1.52. The van der Waals surface area contributed by atoms with Gasteiger partial charge in [-0.15, -0.1) is 0 Å². The van der Waals surface area contributed by atoms with Gasteiger partial charge in [0.1, 0.15) is 6.10 Å². The van der Waals surface area contributed by atoms with Crippen molar-refractivity contribution in [3.05, 3.63) is 77.5 Å². The highest BCUT2D eigenvalue weighted by Crippen LogP contribution is 2.32. The summed E-state index contributed by atoms with van der Waals surface area (Å²) >= 11 is 0. The maximum atomic E-state index is 10.0. The number of pyridine rings is 1. The molecule has 1 aliphatic rings. The second-order valence-electron chi connectivity index (χ2n) is 7.66. The van der Waals surface area contributed by atoms with Gasteiger partial charge < -0.3 is 14.7 Å². The molecule has 0 saturated carbocycles. The number of aromatic nitrogens is 1. The molecule has 0 spiro atoms. The van der Waals surface area contributed by atoms with Crippen molar-refractivity contribution in [1.29, 1.82) is 0 Å². The van der Waals surface area contributed by atoms with Crippen molar-refractivity contribution in [1.82, 2.24) is 4.98 Å². The lowest BCUT2D eigenvalue weighted by Crippen LogP contribution is -2.25. The second-order valence-corrected chi connectivity index (χ2v) is 7.66. The lowest BCUT2D eigenvalue weighted by atomic mass is 9.96. The third-order valence-electron chi connectivity index (χ3n) is 5.62. The van der Waals surface area contributed by atoms with Crippen molar-refractivity contribution < 1.29 is 9.84 Å². The summed E-state index contributed by atoms with van der Waals surface area (Å²) in [7, 11) is 0.